The second kappa shape index (κ2) is 7.43. The zero-order valence-electron chi connectivity index (χ0n) is 13.1. The normalized spacial score (nSPS) is 16.4. The number of rotatable bonds is 3. The van der Waals surface area contributed by atoms with Crippen molar-refractivity contribution in [1.82, 2.24) is 14.8 Å². The van der Waals surface area contributed by atoms with Crippen LogP contribution in [-0.4, -0.2) is 46.9 Å². The van der Waals surface area contributed by atoms with E-state index in [1.807, 2.05) is 23.1 Å². The lowest BCUT2D eigenvalue weighted by atomic mass is 10.1. The number of nitriles is 1. The van der Waals surface area contributed by atoms with Gasteiger partial charge in [-0.25, -0.2) is 0 Å². The monoisotopic (exact) mass is 340 g/mol. The summed E-state index contributed by atoms with van der Waals surface area (Å²) in [6, 6.07) is 12.8. The van der Waals surface area contributed by atoms with E-state index < -0.39 is 0 Å². The van der Waals surface area contributed by atoms with E-state index in [1.165, 1.54) is 0 Å². The molecule has 5 nitrogen and oxygen atoms in total. The molecule has 1 aliphatic heterocycles. The van der Waals surface area contributed by atoms with Gasteiger partial charge in [-0.15, -0.1) is 0 Å². The van der Waals surface area contributed by atoms with Crippen molar-refractivity contribution in [3.63, 3.8) is 0 Å². The van der Waals surface area contributed by atoms with Gasteiger partial charge in [0.2, 0.25) is 0 Å². The number of halogens is 1. The molecule has 1 amide bonds. The van der Waals surface area contributed by atoms with Crippen LogP contribution in [0.5, 0.6) is 0 Å². The fraction of sp³-hybridized carbons (Fsp3) is 0.278. The number of carbonyl (C=O) groups excluding carboxylic acids is 1. The number of pyridine rings is 1. The number of hydrogen-bond acceptors (Lipinski definition) is 4. The van der Waals surface area contributed by atoms with Gasteiger partial charge in [0.05, 0.1) is 6.07 Å². The average Bonchev–Trinajstić information content (AvgIpc) is 2.63. The molecule has 1 aromatic heterocycles. The van der Waals surface area contributed by atoms with Gasteiger partial charge < -0.3 is 4.90 Å². The summed E-state index contributed by atoms with van der Waals surface area (Å²) >= 11 is 6.03. The molecule has 0 radical (unpaired) electrons. The topological polar surface area (TPSA) is 60.2 Å². The lowest BCUT2D eigenvalue weighted by Gasteiger charge is -2.37. The highest BCUT2D eigenvalue weighted by atomic mass is 35.5. The van der Waals surface area contributed by atoms with Crippen molar-refractivity contribution < 1.29 is 4.79 Å². The molecule has 1 unspecified atom stereocenters. The Morgan fingerprint density at radius 1 is 1.17 bits per heavy atom. The van der Waals surface area contributed by atoms with Gasteiger partial charge in [0.25, 0.3) is 5.91 Å². The smallest absolute Gasteiger partial charge is 0.254 e. The SMILES string of the molecule is N#CC(c1cccc(Cl)c1)N1CCN(C(=O)c2ccncc2)CC1. The molecule has 24 heavy (non-hydrogen) atoms. The maximum absolute atomic E-state index is 12.5. The van der Waals surface area contributed by atoms with Gasteiger partial charge >= 0.3 is 0 Å². The summed E-state index contributed by atoms with van der Waals surface area (Å²) in [5, 5.41) is 10.2. The van der Waals surface area contributed by atoms with Crippen molar-refractivity contribution in [3.05, 3.63) is 64.9 Å². The maximum atomic E-state index is 12.5. The third-order valence-corrected chi connectivity index (χ3v) is 4.42. The van der Waals surface area contributed by atoms with Crippen molar-refractivity contribution >= 4 is 17.5 Å². The van der Waals surface area contributed by atoms with Crippen LogP contribution >= 0.6 is 11.6 Å². The quantitative estimate of drug-likeness (QED) is 0.862. The number of benzene rings is 1. The van der Waals surface area contributed by atoms with E-state index in [4.69, 9.17) is 11.6 Å². The average molecular weight is 341 g/mol. The Kier molecular flexibility index (Phi) is 5.09. The molecule has 6 heteroatoms. The number of carbonyl (C=O) groups is 1. The molecule has 0 spiro atoms. The summed E-state index contributed by atoms with van der Waals surface area (Å²) in [6.45, 7) is 2.50. The van der Waals surface area contributed by atoms with Gasteiger partial charge in [0, 0.05) is 49.2 Å². The molecule has 2 heterocycles. The van der Waals surface area contributed by atoms with E-state index in [9.17, 15) is 10.1 Å². The maximum Gasteiger partial charge on any atom is 0.254 e. The molecular formula is C18H17ClN4O. The molecule has 0 saturated carbocycles. The van der Waals surface area contributed by atoms with E-state index in [0.717, 1.165) is 5.56 Å². The van der Waals surface area contributed by atoms with Crippen molar-refractivity contribution in [2.45, 2.75) is 6.04 Å². The molecule has 1 aliphatic rings. The second-order valence-electron chi connectivity index (χ2n) is 5.65. The van der Waals surface area contributed by atoms with Crippen molar-refractivity contribution in [3.8, 4) is 6.07 Å². The lowest BCUT2D eigenvalue weighted by Crippen LogP contribution is -2.49. The van der Waals surface area contributed by atoms with Crippen LogP contribution in [0, 0.1) is 11.3 Å². The Morgan fingerprint density at radius 3 is 2.50 bits per heavy atom. The van der Waals surface area contributed by atoms with E-state index in [2.05, 4.69) is 16.0 Å². The van der Waals surface area contributed by atoms with Gasteiger partial charge in [-0.05, 0) is 29.8 Å². The highest BCUT2D eigenvalue weighted by Crippen LogP contribution is 2.24. The molecule has 1 atom stereocenters. The lowest BCUT2D eigenvalue weighted by molar-refractivity contribution is 0.0606. The van der Waals surface area contributed by atoms with Gasteiger partial charge in [-0.3, -0.25) is 14.7 Å². The minimum absolute atomic E-state index is 0.00770. The largest absolute Gasteiger partial charge is 0.336 e. The molecule has 3 rings (SSSR count). The minimum Gasteiger partial charge on any atom is -0.336 e. The number of hydrogen-bond donors (Lipinski definition) is 0. The van der Waals surface area contributed by atoms with E-state index >= 15 is 0 Å². The highest BCUT2D eigenvalue weighted by molar-refractivity contribution is 6.30. The summed E-state index contributed by atoms with van der Waals surface area (Å²) in [4.78, 5) is 20.3. The molecule has 2 aromatic rings. The fourth-order valence-electron chi connectivity index (χ4n) is 2.90. The Labute approximate surface area is 146 Å². The first-order chi connectivity index (χ1) is 11.7. The first-order valence-corrected chi connectivity index (χ1v) is 8.15. The first-order valence-electron chi connectivity index (χ1n) is 7.77. The van der Waals surface area contributed by atoms with Crippen LogP contribution in [0.15, 0.2) is 48.8 Å². The molecule has 0 N–H and O–H groups in total. The highest BCUT2D eigenvalue weighted by Gasteiger charge is 2.27. The van der Waals surface area contributed by atoms with Gasteiger partial charge in [0.15, 0.2) is 0 Å². The number of nitrogens with zero attached hydrogens (tertiary/aromatic N) is 4. The van der Waals surface area contributed by atoms with Gasteiger partial charge in [-0.1, -0.05) is 23.7 Å². The molecule has 0 bridgehead atoms. The van der Waals surface area contributed by atoms with Crippen LogP contribution in [0.2, 0.25) is 5.02 Å². The number of amides is 1. The van der Waals surface area contributed by atoms with E-state index in [-0.39, 0.29) is 11.9 Å². The summed E-state index contributed by atoms with van der Waals surface area (Å²) in [5.74, 6) is 0.00770. The van der Waals surface area contributed by atoms with E-state index in [1.54, 1.807) is 30.6 Å². The molecule has 1 fully saturated rings. The zero-order chi connectivity index (χ0) is 16.9. The van der Waals surface area contributed by atoms with Crippen LogP contribution in [0.1, 0.15) is 22.0 Å². The van der Waals surface area contributed by atoms with Crippen molar-refractivity contribution in [2.24, 2.45) is 0 Å². The molecule has 1 saturated heterocycles. The summed E-state index contributed by atoms with van der Waals surface area (Å²) < 4.78 is 0. The van der Waals surface area contributed by atoms with Crippen LogP contribution in [-0.2, 0) is 0 Å². The van der Waals surface area contributed by atoms with Crippen molar-refractivity contribution in [1.29, 1.82) is 5.26 Å². The third kappa shape index (κ3) is 3.56. The van der Waals surface area contributed by atoms with Crippen molar-refractivity contribution in [2.75, 3.05) is 26.2 Å². The van der Waals surface area contributed by atoms with Crippen LogP contribution in [0.4, 0.5) is 0 Å². The van der Waals surface area contributed by atoms with Crippen LogP contribution < -0.4 is 0 Å². The molecule has 122 valence electrons. The van der Waals surface area contributed by atoms with E-state index in [0.29, 0.717) is 36.8 Å². The second-order valence-corrected chi connectivity index (χ2v) is 6.09. The predicted molar refractivity (Wildman–Crippen MR) is 91.5 cm³/mol. The van der Waals surface area contributed by atoms with Crippen LogP contribution in [0.25, 0.3) is 0 Å². The Morgan fingerprint density at radius 2 is 1.88 bits per heavy atom. The summed E-state index contributed by atoms with van der Waals surface area (Å²) in [5.41, 5.74) is 1.53. The standard InChI is InChI=1S/C18H17ClN4O/c19-16-3-1-2-15(12-16)17(13-20)22-8-10-23(11-9-22)18(24)14-4-6-21-7-5-14/h1-7,12,17H,8-11H2. The Hall–Kier alpha value is -2.42. The van der Waals surface area contributed by atoms with Gasteiger partial charge in [-0.2, -0.15) is 5.26 Å². The van der Waals surface area contributed by atoms with Crippen LogP contribution in [0.3, 0.4) is 0 Å². The van der Waals surface area contributed by atoms with Gasteiger partial charge in [0.1, 0.15) is 6.04 Å². The Bertz CT molecular complexity index is 751. The predicted octanol–water partition coefficient (Wildman–Crippen LogP) is 2.76. The molecular weight excluding hydrogens is 324 g/mol. The zero-order valence-corrected chi connectivity index (χ0v) is 13.9. The minimum atomic E-state index is -0.345. The molecule has 1 aromatic carbocycles. The first kappa shape index (κ1) is 16.4. The fourth-order valence-corrected chi connectivity index (χ4v) is 3.10. The Balaban J connectivity index is 1.66. The third-order valence-electron chi connectivity index (χ3n) is 4.18. The molecule has 0 aliphatic carbocycles. The summed E-state index contributed by atoms with van der Waals surface area (Å²) in [7, 11) is 0. The number of piperazine rings is 1. The summed E-state index contributed by atoms with van der Waals surface area (Å²) in [6.07, 6.45) is 3.24. The number of aromatic nitrogens is 1.